The van der Waals surface area contributed by atoms with Gasteiger partial charge in [0.1, 0.15) is 12.0 Å². The number of nitrogens with two attached hydrogens (primary N) is 1. The Morgan fingerprint density at radius 3 is 2.64 bits per heavy atom. The number of pyridine rings is 1. The minimum atomic E-state index is -0.973. The number of carbonyl (C=O) groups excluding carboxylic acids is 1. The predicted octanol–water partition coefficient (Wildman–Crippen LogP) is 2.38. The van der Waals surface area contributed by atoms with Gasteiger partial charge in [-0.15, -0.1) is 0 Å². The highest BCUT2D eigenvalue weighted by Gasteiger charge is 2.48. The molecule has 1 fully saturated rings. The summed E-state index contributed by atoms with van der Waals surface area (Å²) < 4.78 is 29.5. The van der Waals surface area contributed by atoms with Crippen LogP contribution in [0.15, 0.2) is 49.2 Å². The van der Waals surface area contributed by atoms with Gasteiger partial charge in [-0.1, -0.05) is 0 Å². The fraction of sp³-hybridized carbons (Fsp3) is 0.263. The van der Waals surface area contributed by atoms with E-state index in [1.807, 2.05) is 0 Å². The third-order valence-electron chi connectivity index (χ3n) is 4.98. The van der Waals surface area contributed by atoms with Crippen LogP contribution >= 0.6 is 0 Å². The number of halogens is 2. The minimum absolute atomic E-state index is 0.200. The van der Waals surface area contributed by atoms with Crippen LogP contribution in [0.25, 0.3) is 5.69 Å². The zero-order valence-corrected chi connectivity index (χ0v) is 14.8. The van der Waals surface area contributed by atoms with Gasteiger partial charge >= 0.3 is 0 Å². The van der Waals surface area contributed by atoms with Crippen molar-refractivity contribution in [2.75, 3.05) is 11.9 Å². The third kappa shape index (κ3) is 3.30. The van der Waals surface area contributed by atoms with Gasteiger partial charge in [0.15, 0.2) is 0 Å². The summed E-state index contributed by atoms with van der Waals surface area (Å²) in [6.45, 7) is 0.274. The van der Waals surface area contributed by atoms with E-state index in [0.29, 0.717) is 17.2 Å². The van der Waals surface area contributed by atoms with E-state index in [1.165, 1.54) is 18.3 Å². The molecule has 0 bridgehead atoms. The molecule has 0 radical (unpaired) electrons. The SMILES string of the molecule is NC(=O)c1ccn(-c2cnc(NC[C@]3(c4ncccc4F)C[C@H](F)C3)nc2)c1. The Hall–Kier alpha value is -3.36. The molecule has 9 heteroatoms. The molecule has 0 spiro atoms. The smallest absolute Gasteiger partial charge is 0.250 e. The van der Waals surface area contributed by atoms with Gasteiger partial charge in [0.25, 0.3) is 0 Å². The highest BCUT2D eigenvalue weighted by molar-refractivity contribution is 5.92. The lowest BCUT2D eigenvalue weighted by Crippen LogP contribution is -2.49. The highest BCUT2D eigenvalue weighted by atomic mass is 19.1. The van der Waals surface area contributed by atoms with Crippen molar-refractivity contribution in [1.29, 1.82) is 0 Å². The molecule has 1 saturated carbocycles. The van der Waals surface area contributed by atoms with Gasteiger partial charge in [0.05, 0.1) is 29.3 Å². The van der Waals surface area contributed by atoms with Crippen LogP contribution in [0.5, 0.6) is 0 Å². The quantitative estimate of drug-likeness (QED) is 0.680. The van der Waals surface area contributed by atoms with Crippen LogP contribution in [0.2, 0.25) is 0 Å². The first-order valence-corrected chi connectivity index (χ1v) is 8.76. The maximum atomic E-state index is 14.2. The lowest BCUT2D eigenvalue weighted by atomic mass is 9.65. The third-order valence-corrected chi connectivity index (χ3v) is 4.98. The minimum Gasteiger partial charge on any atom is -0.366 e. The van der Waals surface area contributed by atoms with Gasteiger partial charge < -0.3 is 15.6 Å². The van der Waals surface area contributed by atoms with Crippen molar-refractivity contribution in [3.8, 4) is 5.69 Å². The normalized spacial score (nSPS) is 21.1. The molecule has 4 rings (SSSR count). The number of hydrogen-bond donors (Lipinski definition) is 2. The molecule has 144 valence electrons. The van der Waals surface area contributed by atoms with Gasteiger partial charge in [-0.05, 0) is 31.0 Å². The average Bonchev–Trinajstić information content (AvgIpc) is 3.16. The Morgan fingerprint density at radius 2 is 2.04 bits per heavy atom. The summed E-state index contributed by atoms with van der Waals surface area (Å²) in [6.07, 6.45) is 7.35. The van der Waals surface area contributed by atoms with Crippen molar-refractivity contribution in [2.45, 2.75) is 24.4 Å². The molecule has 0 aromatic carbocycles. The Bertz CT molecular complexity index is 998. The molecular formula is C19H18F2N6O. The first-order chi connectivity index (χ1) is 13.5. The van der Waals surface area contributed by atoms with Crippen LogP contribution in [0, 0.1) is 5.82 Å². The van der Waals surface area contributed by atoms with Crippen LogP contribution in [0.4, 0.5) is 14.7 Å². The van der Waals surface area contributed by atoms with Gasteiger partial charge in [-0.2, -0.15) is 0 Å². The van der Waals surface area contributed by atoms with Crippen LogP contribution in [-0.2, 0) is 5.41 Å². The van der Waals surface area contributed by atoms with Crippen molar-refractivity contribution in [2.24, 2.45) is 5.73 Å². The summed E-state index contributed by atoms with van der Waals surface area (Å²) in [5, 5.41) is 3.06. The van der Waals surface area contributed by atoms with Gasteiger partial charge in [-0.3, -0.25) is 9.78 Å². The number of nitrogens with zero attached hydrogens (tertiary/aromatic N) is 4. The van der Waals surface area contributed by atoms with Crippen molar-refractivity contribution in [1.82, 2.24) is 19.5 Å². The number of primary amides is 1. The molecule has 0 unspecified atom stereocenters. The van der Waals surface area contributed by atoms with Gasteiger partial charge in [-0.25, -0.2) is 18.7 Å². The maximum absolute atomic E-state index is 14.2. The van der Waals surface area contributed by atoms with Crippen LogP contribution < -0.4 is 11.1 Å². The van der Waals surface area contributed by atoms with Crippen molar-refractivity contribution in [3.63, 3.8) is 0 Å². The molecule has 3 aromatic rings. The van der Waals surface area contributed by atoms with E-state index >= 15 is 0 Å². The zero-order valence-electron chi connectivity index (χ0n) is 14.8. The molecule has 0 atom stereocenters. The number of anilines is 1. The molecule has 1 aliphatic carbocycles. The summed E-state index contributed by atoms with van der Waals surface area (Å²) in [5.41, 5.74) is 5.82. The molecule has 3 heterocycles. The number of nitrogens with one attached hydrogen (secondary N) is 1. The van der Waals surface area contributed by atoms with E-state index in [0.717, 1.165) is 0 Å². The molecule has 0 aliphatic heterocycles. The van der Waals surface area contributed by atoms with Gasteiger partial charge in [0.2, 0.25) is 11.9 Å². The first-order valence-electron chi connectivity index (χ1n) is 8.76. The Balaban J connectivity index is 1.48. The fourth-order valence-electron chi connectivity index (χ4n) is 3.48. The van der Waals surface area contributed by atoms with Crippen LogP contribution in [0.3, 0.4) is 0 Å². The van der Waals surface area contributed by atoms with Crippen molar-refractivity contribution >= 4 is 11.9 Å². The van der Waals surface area contributed by atoms with E-state index in [2.05, 4.69) is 20.3 Å². The number of amides is 1. The van der Waals surface area contributed by atoms with Crippen molar-refractivity contribution < 1.29 is 13.6 Å². The Kier molecular flexibility index (Phi) is 4.50. The number of rotatable bonds is 6. The summed E-state index contributed by atoms with van der Waals surface area (Å²) in [6, 6.07) is 4.44. The number of aromatic nitrogens is 4. The molecule has 0 saturated heterocycles. The fourth-order valence-corrected chi connectivity index (χ4v) is 3.48. The largest absolute Gasteiger partial charge is 0.366 e. The number of hydrogen-bond acceptors (Lipinski definition) is 5. The maximum Gasteiger partial charge on any atom is 0.250 e. The average molecular weight is 384 g/mol. The lowest BCUT2D eigenvalue weighted by Gasteiger charge is -2.43. The van der Waals surface area contributed by atoms with E-state index in [4.69, 9.17) is 5.73 Å². The number of alkyl halides is 1. The van der Waals surface area contributed by atoms with E-state index in [-0.39, 0.29) is 25.1 Å². The van der Waals surface area contributed by atoms with Gasteiger partial charge in [0, 0.05) is 30.6 Å². The molecule has 3 N–H and O–H groups in total. The topological polar surface area (TPSA) is 98.7 Å². The van der Waals surface area contributed by atoms with Crippen molar-refractivity contribution in [3.05, 3.63) is 66.3 Å². The lowest BCUT2D eigenvalue weighted by molar-refractivity contribution is 0.0963. The number of carbonyl (C=O) groups is 1. The second kappa shape index (κ2) is 6.99. The van der Waals surface area contributed by atoms with E-state index in [1.54, 1.807) is 35.4 Å². The second-order valence-electron chi connectivity index (χ2n) is 6.91. The zero-order chi connectivity index (χ0) is 19.7. The summed E-state index contributed by atoms with van der Waals surface area (Å²) in [7, 11) is 0. The monoisotopic (exact) mass is 384 g/mol. The Morgan fingerprint density at radius 1 is 1.29 bits per heavy atom. The summed E-state index contributed by atoms with van der Waals surface area (Å²) in [5.74, 6) is -0.619. The predicted molar refractivity (Wildman–Crippen MR) is 98.4 cm³/mol. The van der Waals surface area contributed by atoms with Crippen LogP contribution in [-0.4, -0.2) is 38.1 Å². The Labute approximate surface area is 159 Å². The first kappa shape index (κ1) is 18.0. The van der Waals surface area contributed by atoms with E-state index < -0.39 is 23.3 Å². The molecular weight excluding hydrogens is 366 g/mol. The summed E-state index contributed by atoms with van der Waals surface area (Å²) in [4.78, 5) is 23.8. The van der Waals surface area contributed by atoms with E-state index in [9.17, 15) is 13.6 Å². The molecule has 1 aliphatic rings. The standard InChI is InChI=1S/C19H18F2N6O/c20-13-6-19(7-13,16-15(21)2-1-4-23-16)11-26-18-24-8-14(9-25-18)27-5-3-12(10-27)17(22)28/h1-5,8-10,13H,6-7,11H2,(H2,22,28)(H,24,25,26)/t13-,19-. The molecule has 1 amide bonds. The highest BCUT2D eigenvalue weighted by Crippen LogP contribution is 2.45. The summed E-state index contributed by atoms with van der Waals surface area (Å²) >= 11 is 0. The van der Waals surface area contributed by atoms with Crippen LogP contribution in [0.1, 0.15) is 28.9 Å². The molecule has 7 nitrogen and oxygen atoms in total. The molecule has 3 aromatic heterocycles. The molecule has 28 heavy (non-hydrogen) atoms. The second-order valence-corrected chi connectivity index (χ2v) is 6.91.